The fraction of sp³-hybridized carbons (Fsp3) is 0.333. The molecule has 10 nitrogen and oxygen atoms in total. The Kier molecular flexibility index (Phi) is 13.7. The molecule has 2 aliphatic heterocycles. The Labute approximate surface area is 366 Å². The SMILES string of the molecule is CCCc1ccc(-c2csc(N3CCN(S(=O)(=O)c4cc(F)ccc4C)CC3)n2)cc1.Cc1ccc(F)cc1S(=O)(=O)N1CCN(c2nc(-c3c(C)cccc3C)cs2)CC1. The van der Waals surface area contributed by atoms with Gasteiger partial charge in [0.05, 0.1) is 21.2 Å². The molecule has 0 amide bonds. The molecule has 0 bridgehead atoms. The Morgan fingerprint density at radius 2 is 1.02 bits per heavy atom. The number of hydrogen-bond acceptors (Lipinski definition) is 10. The van der Waals surface area contributed by atoms with Gasteiger partial charge in [-0.25, -0.2) is 35.6 Å². The summed E-state index contributed by atoms with van der Waals surface area (Å²) in [4.78, 5) is 13.9. The van der Waals surface area contributed by atoms with E-state index >= 15 is 0 Å². The minimum absolute atomic E-state index is 0.0440. The summed E-state index contributed by atoms with van der Waals surface area (Å²) in [5.74, 6) is -1.08. The highest BCUT2D eigenvalue weighted by Gasteiger charge is 2.32. The van der Waals surface area contributed by atoms with Gasteiger partial charge in [0, 0.05) is 74.2 Å². The lowest BCUT2D eigenvalue weighted by Gasteiger charge is -2.34. The standard InChI is InChI=1S/C23H26FN3O2S2.C22H24FN3O2S2/c1-3-4-18-6-8-19(9-7-18)21-16-30-23(25-21)26-11-13-27(14-12-26)31(28,29)22-15-20(24)10-5-17(22)2;1-15-7-8-18(23)13-20(15)30(27,28)26-11-9-25(10-12-26)22-24-19(14-29-22)21-16(2)5-4-6-17(21)3/h5-10,15-16H,3-4,11-14H2,1-2H3;4-8,13-14H,9-12H2,1-3H3. The van der Waals surface area contributed by atoms with Crippen LogP contribution in [0.4, 0.5) is 19.0 Å². The highest BCUT2D eigenvalue weighted by molar-refractivity contribution is 7.89. The van der Waals surface area contributed by atoms with Crippen molar-refractivity contribution in [1.29, 1.82) is 0 Å². The normalized spacial score (nSPS) is 15.5. The van der Waals surface area contributed by atoms with Crippen LogP contribution in [-0.2, 0) is 26.5 Å². The number of piperazine rings is 2. The Bertz CT molecular complexity index is 2690. The topological polar surface area (TPSA) is 107 Å². The van der Waals surface area contributed by atoms with Crippen molar-refractivity contribution in [1.82, 2.24) is 18.6 Å². The molecule has 6 aromatic rings. The van der Waals surface area contributed by atoms with Crippen molar-refractivity contribution < 1.29 is 25.6 Å². The Hall–Kier alpha value is -4.58. The summed E-state index contributed by atoms with van der Waals surface area (Å²) in [6.45, 7) is 13.3. The number of hydrogen-bond donors (Lipinski definition) is 0. The third kappa shape index (κ3) is 9.90. The quantitative estimate of drug-likeness (QED) is 0.134. The Morgan fingerprint density at radius 3 is 1.48 bits per heavy atom. The number of sulfonamides is 2. The van der Waals surface area contributed by atoms with Crippen LogP contribution in [0.1, 0.15) is 41.2 Å². The molecule has 16 heteroatoms. The summed E-state index contributed by atoms with van der Waals surface area (Å²) in [5, 5.41) is 5.89. The van der Waals surface area contributed by atoms with Crippen LogP contribution in [0.25, 0.3) is 22.5 Å². The molecule has 0 radical (unpaired) electrons. The minimum Gasteiger partial charge on any atom is -0.345 e. The van der Waals surface area contributed by atoms with E-state index in [-0.39, 0.29) is 9.79 Å². The fourth-order valence-electron chi connectivity index (χ4n) is 7.64. The molecule has 0 aliphatic carbocycles. The van der Waals surface area contributed by atoms with Crippen molar-refractivity contribution in [3.8, 4) is 22.5 Å². The van der Waals surface area contributed by atoms with Crippen LogP contribution >= 0.6 is 22.7 Å². The molecule has 4 heterocycles. The second kappa shape index (κ2) is 18.8. The third-order valence-electron chi connectivity index (χ3n) is 11.1. The highest BCUT2D eigenvalue weighted by Crippen LogP contribution is 2.33. The van der Waals surface area contributed by atoms with Gasteiger partial charge < -0.3 is 9.80 Å². The lowest BCUT2D eigenvalue weighted by molar-refractivity contribution is 0.384. The lowest BCUT2D eigenvalue weighted by Crippen LogP contribution is -2.48. The van der Waals surface area contributed by atoms with Crippen LogP contribution in [0.2, 0.25) is 0 Å². The van der Waals surface area contributed by atoms with E-state index < -0.39 is 31.7 Å². The number of rotatable bonds is 10. The van der Waals surface area contributed by atoms with Gasteiger partial charge in [-0.15, -0.1) is 22.7 Å². The molecule has 322 valence electrons. The molecule has 0 saturated carbocycles. The fourth-order valence-corrected chi connectivity index (χ4v) is 12.7. The van der Waals surface area contributed by atoms with Gasteiger partial charge in [-0.2, -0.15) is 8.61 Å². The number of benzene rings is 4. The predicted octanol–water partition coefficient (Wildman–Crippen LogP) is 9.11. The van der Waals surface area contributed by atoms with Crippen LogP contribution in [0, 0.1) is 39.3 Å². The van der Waals surface area contributed by atoms with Crippen LogP contribution < -0.4 is 9.80 Å². The zero-order chi connectivity index (χ0) is 43.5. The zero-order valence-corrected chi connectivity index (χ0v) is 38.2. The molecule has 0 N–H and O–H groups in total. The van der Waals surface area contributed by atoms with E-state index in [0.717, 1.165) is 57.8 Å². The van der Waals surface area contributed by atoms with E-state index in [4.69, 9.17) is 9.97 Å². The summed E-state index contributed by atoms with van der Waals surface area (Å²) >= 11 is 3.15. The summed E-state index contributed by atoms with van der Waals surface area (Å²) in [6.07, 6.45) is 2.20. The van der Waals surface area contributed by atoms with E-state index in [1.165, 1.54) is 49.6 Å². The van der Waals surface area contributed by atoms with Gasteiger partial charge in [-0.05, 0) is 86.2 Å². The van der Waals surface area contributed by atoms with Gasteiger partial charge in [0.25, 0.3) is 0 Å². The van der Waals surface area contributed by atoms with Crippen molar-refractivity contribution >= 4 is 53.0 Å². The first-order valence-corrected chi connectivity index (χ1v) is 24.9. The van der Waals surface area contributed by atoms with E-state index in [2.05, 4.69) is 72.3 Å². The van der Waals surface area contributed by atoms with Crippen LogP contribution in [-0.4, -0.2) is 87.8 Å². The minimum atomic E-state index is -3.72. The van der Waals surface area contributed by atoms with Crippen molar-refractivity contribution in [3.63, 3.8) is 0 Å². The van der Waals surface area contributed by atoms with Crippen LogP contribution in [0.15, 0.2) is 99.4 Å². The molecule has 2 aliphatic rings. The molecule has 2 fully saturated rings. The van der Waals surface area contributed by atoms with Gasteiger partial charge in [-0.1, -0.05) is 67.9 Å². The van der Waals surface area contributed by atoms with Crippen molar-refractivity contribution in [2.45, 2.75) is 57.3 Å². The number of aromatic nitrogens is 2. The summed E-state index contributed by atoms with van der Waals surface area (Å²) < 4.78 is 82.1. The largest absolute Gasteiger partial charge is 0.345 e. The number of nitrogens with zero attached hydrogens (tertiary/aromatic N) is 6. The second-order valence-corrected chi connectivity index (χ2v) is 20.8. The maximum Gasteiger partial charge on any atom is 0.243 e. The second-order valence-electron chi connectivity index (χ2n) is 15.3. The number of anilines is 2. The van der Waals surface area contributed by atoms with Gasteiger partial charge >= 0.3 is 0 Å². The average molecular weight is 905 g/mol. The van der Waals surface area contributed by atoms with Crippen LogP contribution in [0.5, 0.6) is 0 Å². The molecule has 2 saturated heterocycles. The number of thiazole rings is 2. The van der Waals surface area contributed by atoms with Crippen LogP contribution in [0.3, 0.4) is 0 Å². The highest BCUT2D eigenvalue weighted by atomic mass is 32.2. The number of halogens is 2. The van der Waals surface area contributed by atoms with Crippen molar-refractivity contribution in [2.24, 2.45) is 0 Å². The molecule has 0 spiro atoms. The Morgan fingerprint density at radius 1 is 0.574 bits per heavy atom. The first-order chi connectivity index (χ1) is 29.1. The summed E-state index contributed by atoms with van der Waals surface area (Å²) in [5.41, 5.74) is 8.95. The zero-order valence-electron chi connectivity index (χ0n) is 34.9. The molecular weight excluding hydrogens is 855 g/mol. The van der Waals surface area contributed by atoms with E-state index in [9.17, 15) is 25.6 Å². The van der Waals surface area contributed by atoms with Gasteiger partial charge in [-0.3, -0.25) is 0 Å². The molecule has 4 aromatic carbocycles. The first-order valence-electron chi connectivity index (χ1n) is 20.2. The smallest absolute Gasteiger partial charge is 0.243 e. The molecule has 2 aromatic heterocycles. The molecular formula is C45H50F2N6O4S4. The van der Waals surface area contributed by atoms with E-state index in [1.54, 1.807) is 36.5 Å². The van der Waals surface area contributed by atoms with Crippen molar-refractivity contribution in [3.05, 3.63) is 129 Å². The third-order valence-corrected chi connectivity index (χ3v) is 16.9. The van der Waals surface area contributed by atoms with Gasteiger partial charge in [0.1, 0.15) is 11.6 Å². The molecule has 0 unspecified atom stereocenters. The Balaban J connectivity index is 0.000000184. The van der Waals surface area contributed by atoms with E-state index in [0.29, 0.717) is 63.5 Å². The predicted molar refractivity (Wildman–Crippen MR) is 243 cm³/mol. The monoisotopic (exact) mass is 904 g/mol. The lowest BCUT2D eigenvalue weighted by atomic mass is 10.0. The maximum atomic E-state index is 13.6. The average Bonchev–Trinajstić information content (AvgIpc) is 3.95. The number of aryl methyl sites for hydroxylation is 5. The molecule has 61 heavy (non-hydrogen) atoms. The van der Waals surface area contributed by atoms with Gasteiger partial charge in [0.15, 0.2) is 10.3 Å². The molecule has 0 atom stereocenters. The summed E-state index contributed by atoms with van der Waals surface area (Å²) in [7, 11) is -7.44. The van der Waals surface area contributed by atoms with Crippen molar-refractivity contribution in [2.75, 3.05) is 62.2 Å². The van der Waals surface area contributed by atoms with E-state index in [1.807, 2.05) is 11.4 Å². The maximum absolute atomic E-state index is 13.6. The molecule has 8 rings (SSSR count). The first kappa shape index (κ1) is 44.5. The summed E-state index contributed by atoms with van der Waals surface area (Å²) in [6, 6.07) is 22.5. The van der Waals surface area contributed by atoms with Gasteiger partial charge in [0.2, 0.25) is 20.0 Å².